The van der Waals surface area contributed by atoms with Crippen LogP contribution in [0.15, 0.2) is 36.9 Å². The molecule has 3 heterocycles. The number of benzene rings is 1. The lowest BCUT2D eigenvalue weighted by molar-refractivity contribution is -0.137. The molecule has 1 fully saturated rings. The molecule has 1 aliphatic rings. The Kier molecular flexibility index (Phi) is 6.20. The molecule has 14 heteroatoms. The summed E-state index contributed by atoms with van der Waals surface area (Å²) < 4.78 is 81.1. The van der Waals surface area contributed by atoms with E-state index in [4.69, 9.17) is 5.73 Å². The minimum atomic E-state index is -4.75. The summed E-state index contributed by atoms with van der Waals surface area (Å²) in [6.45, 7) is 0.559. The van der Waals surface area contributed by atoms with Crippen LogP contribution in [0, 0.1) is 5.82 Å². The molecule has 0 radical (unpaired) electrons. The van der Waals surface area contributed by atoms with Crippen LogP contribution < -0.4 is 11.1 Å². The van der Waals surface area contributed by atoms with Gasteiger partial charge in [-0.1, -0.05) is 0 Å². The summed E-state index contributed by atoms with van der Waals surface area (Å²) in [5.74, 6) is -0.709. The molecule has 0 atom stereocenters. The molecular weight excluding hydrogens is 478 g/mol. The second-order valence-corrected chi connectivity index (χ2v) is 9.89. The Morgan fingerprint density at radius 2 is 1.88 bits per heavy atom. The van der Waals surface area contributed by atoms with Gasteiger partial charge in [-0.25, -0.2) is 32.1 Å². The first kappa shape index (κ1) is 23.9. The third-order valence-electron chi connectivity index (χ3n) is 5.43. The highest BCUT2D eigenvalue weighted by atomic mass is 32.2. The predicted molar refractivity (Wildman–Crippen MR) is 117 cm³/mol. The highest BCUT2D eigenvalue weighted by Gasteiger charge is 2.36. The molecule has 4 rings (SSSR count). The van der Waals surface area contributed by atoms with Gasteiger partial charge in [-0.05, 0) is 31.0 Å². The van der Waals surface area contributed by atoms with Crippen molar-refractivity contribution in [2.24, 2.45) is 0 Å². The van der Waals surface area contributed by atoms with E-state index in [0.717, 1.165) is 12.3 Å². The maximum Gasteiger partial charge on any atom is 0.420 e. The lowest BCUT2D eigenvalue weighted by atomic mass is 10.1. The van der Waals surface area contributed by atoms with E-state index in [9.17, 15) is 26.0 Å². The van der Waals surface area contributed by atoms with E-state index in [-0.39, 0.29) is 42.1 Å². The Morgan fingerprint density at radius 3 is 2.50 bits per heavy atom. The molecule has 0 spiro atoms. The number of nitrogen functional groups attached to an aromatic ring is 1. The summed E-state index contributed by atoms with van der Waals surface area (Å²) in [6, 6.07) is 3.72. The molecule has 0 bridgehead atoms. The number of imidazole rings is 1. The van der Waals surface area contributed by atoms with E-state index in [0.29, 0.717) is 19.0 Å². The molecule has 3 N–H and O–H groups in total. The first-order chi connectivity index (χ1) is 15.9. The average Bonchev–Trinajstić information content (AvgIpc) is 3.22. The highest BCUT2D eigenvalue weighted by Crippen LogP contribution is 2.36. The van der Waals surface area contributed by atoms with Crippen molar-refractivity contribution in [1.29, 1.82) is 0 Å². The monoisotopic (exact) mass is 499 g/mol. The van der Waals surface area contributed by atoms with Crippen LogP contribution in [0.2, 0.25) is 0 Å². The standard InChI is InChI=1S/C20H21F4N7O2S/c1-34(32,33)31-6-4-13(5-7-31)28-19-26-9-14(20(22,23)24)18(29-19)16-10-30(11-27-16)17-3-2-12(25)8-15(17)21/h2-3,8-11,13H,4-7,25H2,1H3,(H,26,28,29). The number of hydrogen-bond donors (Lipinski definition) is 2. The van der Waals surface area contributed by atoms with E-state index in [1.54, 1.807) is 0 Å². The summed E-state index contributed by atoms with van der Waals surface area (Å²) in [5.41, 5.74) is 4.13. The van der Waals surface area contributed by atoms with E-state index in [2.05, 4.69) is 20.3 Å². The predicted octanol–water partition coefficient (Wildman–Crippen LogP) is 2.91. The summed E-state index contributed by atoms with van der Waals surface area (Å²) in [5, 5.41) is 2.98. The highest BCUT2D eigenvalue weighted by molar-refractivity contribution is 7.88. The Bertz CT molecular complexity index is 1300. The lowest BCUT2D eigenvalue weighted by Gasteiger charge is -2.30. The Hall–Kier alpha value is -3.26. The van der Waals surface area contributed by atoms with Crippen LogP contribution in [0.25, 0.3) is 17.1 Å². The summed E-state index contributed by atoms with van der Waals surface area (Å²) in [4.78, 5) is 11.8. The summed E-state index contributed by atoms with van der Waals surface area (Å²) in [7, 11) is -3.31. The largest absolute Gasteiger partial charge is 0.420 e. The number of alkyl halides is 3. The Balaban J connectivity index is 1.62. The van der Waals surface area contributed by atoms with Crippen molar-refractivity contribution in [2.45, 2.75) is 25.1 Å². The zero-order chi connectivity index (χ0) is 24.7. The van der Waals surface area contributed by atoms with E-state index >= 15 is 0 Å². The number of nitrogens with zero attached hydrogens (tertiary/aromatic N) is 5. The average molecular weight is 499 g/mol. The third-order valence-corrected chi connectivity index (χ3v) is 6.73. The Morgan fingerprint density at radius 1 is 1.18 bits per heavy atom. The van der Waals surface area contributed by atoms with Crippen LogP contribution in [0.5, 0.6) is 0 Å². The number of sulfonamides is 1. The smallest absolute Gasteiger partial charge is 0.399 e. The molecule has 1 aliphatic heterocycles. The van der Waals surface area contributed by atoms with Crippen molar-refractivity contribution < 1.29 is 26.0 Å². The molecule has 2 aromatic heterocycles. The van der Waals surface area contributed by atoms with E-state index in [1.165, 1.54) is 33.5 Å². The number of rotatable bonds is 5. The van der Waals surface area contributed by atoms with Gasteiger partial charge in [0.15, 0.2) is 0 Å². The maximum absolute atomic E-state index is 14.3. The van der Waals surface area contributed by atoms with Gasteiger partial charge in [0.1, 0.15) is 29.1 Å². The first-order valence-corrected chi connectivity index (χ1v) is 12.0. The molecule has 0 aliphatic carbocycles. The van der Waals surface area contributed by atoms with Crippen molar-refractivity contribution in [3.63, 3.8) is 0 Å². The number of nitrogens with one attached hydrogen (secondary N) is 1. The van der Waals surface area contributed by atoms with Crippen molar-refractivity contribution in [2.75, 3.05) is 30.4 Å². The lowest BCUT2D eigenvalue weighted by Crippen LogP contribution is -2.42. The molecule has 182 valence electrons. The molecule has 1 saturated heterocycles. The van der Waals surface area contributed by atoms with Crippen LogP contribution in [-0.2, 0) is 16.2 Å². The minimum absolute atomic E-state index is 0.0472. The van der Waals surface area contributed by atoms with Gasteiger partial charge < -0.3 is 15.6 Å². The molecule has 9 nitrogen and oxygen atoms in total. The van der Waals surface area contributed by atoms with E-state index < -0.39 is 33.3 Å². The number of piperidine rings is 1. The quantitative estimate of drug-likeness (QED) is 0.409. The Labute approximate surface area is 192 Å². The number of hydrogen-bond acceptors (Lipinski definition) is 7. The van der Waals surface area contributed by atoms with Gasteiger partial charge in [-0.15, -0.1) is 0 Å². The normalized spacial score (nSPS) is 16.0. The molecule has 0 amide bonds. The number of halogens is 4. The topological polar surface area (TPSA) is 119 Å². The summed E-state index contributed by atoms with van der Waals surface area (Å²) in [6.07, 6.45) is 0.349. The van der Waals surface area contributed by atoms with Gasteiger partial charge in [-0.2, -0.15) is 13.2 Å². The van der Waals surface area contributed by atoms with Crippen molar-refractivity contribution in [1.82, 2.24) is 23.8 Å². The second-order valence-electron chi connectivity index (χ2n) is 7.91. The zero-order valence-corrected chi connectivity index (χ0v) is 18.7. The molecule has 34 heavy (non-hydrogen) atoms. The van der Waals surface area contributed by atoms with Gasteiger partial charge in [0.2, 0.25) is 16.0 Å². The van der Waals surface area contributed by atoms with Crippen molar-refractivity contribution >= 4 is 21.7 Å². The molecular formula is C20H21F4N7O2S. The summed E-state index contributed by atoms with van der Waals surface area (Å²) >= 11 is 0. The number of aromatic nitrogens is 4. The minimum Gasteiger partial charge on any atom is -0.399 e. The number of nitrogens with two attached hydrogens (primary N) is 1. The van der Waals surface area contributed by atoms with Crippen molar-refractivity contribution in [3.05, 3.63) is 48.3 Å². The van der Waals surface area contributed by atoms with Crippen molar-refractivity contribution in [3.8, 4) is 17.1 Å². The number of anilines is 2. The van der Waals surface area contributed by atoms with Gasteiger partial charge in [0.05, 0.1) is 11.9 Å². The third kappa shape index (κ3) is 5.12. The van der Waals surface area contributed by atoms with Crippen LogP contribution in [0.3, 0.4) is 0 Å². The maximum atomic E-state index is 14.3. The first-order valence-electron chi connectivity index (χ1n) is 10.2. The van der Waals surface area contributed by atoms with Crippen LogP contribution >= 0.6 is 0 Å². The van der Waals surface area contributed by atoms with Gasteiger partial charge >= 0.3 is 6.18 Å². The van der Waals surface area contributed by atoms with Gasteiger partial charge in [0.25, 0.3) is 0 Å². The SMILES string of the molecule is CS(=O)(=O)N1CCC(Nc2ncc(C(F)(F)F)c(-c3cn(-c4ccc(N)cc4F)cn3)n2)CC1. The van der Waals surface area contributed by atoms with Gasteiger partial charge in [0, 0.05) is 37.2 Å². The van der Waals surface area contributed by atoms with Gasteiger partial charge in [-0.3, -0.25) is 0 Å². The fraction of sp³-hybridized carbons (Fsp3) is 0.350. The second kappa shape index (κ2) is 8.83. The van der Waals surface area contributed by atoms with Crippen LogP contribution in [0.4, 0.5) is 29.2 Å². The molecule has 0 unspecified atom stereocenters. The fourth-order valence-electron chi connectivity index (χ4n) is 3.68. The molecule has 1 aromatic carbocycles. The molecule has 3 aromatic rings. The van der Waals surface area contributed by atoms with Crippen LogP contribution in [0.1, 0.15) is 18.4 Å². The van der Waals surface area contributed by atoms with E-state index in [1.807, 2.05) is 0 Å². The zero-order valence-electron chi connectivity index (χ0n) is 17.9. The fourth-order valence-corrected chi connectivity index (χ4v) is 4.55. The molecule has 0 saturated carbocycles. The van der Waals surface area contributed by atoms with Crippen LogP contribution in [-0.4, -0.2) is 57.6 Å².